The monoisotopic (exact) mass is 574 g/mol. The Bertz CT molecular complexity index is 257. The fourth-order valence-electron chi connectivity index (χ4n) is 3.37. The van der Waals surface area contributed by atoms with Crippen molar-refractivity contribution in [3.8, 4) is 0 Å². The van der Waals surface area contributed by atoms with E-state index in [1.165, 1.54) is 56.3 Å². The normalized spacial score (nSPS) is 16.6. The van der Waals surface area contributed by atoms with E-state index in [1.807, 2.05) is 0 Å². The summed E-state index contributed by atoms with van der Waals surface area (Å²) in [6.07, 6.45) is 9.58. The number of unbranched alkanes of at least 4 members (excludes halogenated alkanes) is 2. The number of hydrogen-bond acceptors (Lipinski definition) is 3. The third-order valence-electron chi connectivity index (χ3n) is 4.59. The first kappa shape index (κ1) is 26.5. The predicted molar refractivity (Wildman–Crippen MR) is 115 cm³/mol. The molecule has 0 radical (unpaired) electrons. The molecule has 0 N–H and O–H groups in total. The molecule has 2 unspecified atom stereocenters. The van der Waals surface area contributed by atoms with Crippen molar-refractivity contribution in [1.29, 1.82) is 0 Å². The van der Waals surface area contributed by atoms with Crippen LogP contribution in [0.5, 0.6) is 0 Å². The summed E-state index contributed by atoms with van der Waals surface area (Å²) in [4.78, 5) is 0. The van der Waals surface area contributed by atoms with Gasteiger partial charge in [0.1, 0.15) is 0 Å². The maximum absolute atomic E-state index is 7.29. The molecule has 0 saturated carbocycles. The van der Waals surface area contributed by atoms with Crippen molar-refractivity contribution in [2.45, 2.75) is 111 Å². The Morgan fingerprint density at radius 1 is 0.480 bits per heavy atom. The van der Waals surface area contributed by atoms with Gasteiger partial charge in [0.2, 0.25) is 0 Å². The first-order valence-electron chi connectivity index (χ1n) is 11.1. The molecule has 0 aliphatic carbocycles. The van der Waals surface area contributed by atoms with Gasteiger partial charge >= 0.3 is 170 Å². The zero-order chi connectivity index (χ0) is 19.0. The Balaban J connectivity index is 5.52. The fourth-order valence-corrected chi connectivity index (χ4v) is 45.7. The fraction of sp³-hybridized carbons (Fsp3) is 1.00. The van der Waals surface area contributed by atoms with Gasteiger partial charge in [0, 0.05) is 0 Å². The van der Waals surface area contributed by atoms with Crippen LogP contribution in [0.3, 0.4) is 0 Å². The van der Waals surface area contributed by atoms with Crippen molar-refractivity contribution < 1.29 is 7.56 Å². The van der Waals surface area contributed by atoms with Gasteiger partial charge in [0.15, 0.2) is 0 Å². The second-order valence-electron chi connectivity index (χ2n) is 7.33. The van der Waals surface area contributed by atoms with Crippen LogP contribution >= 0.6 is 0 Å². The van der Waals surface area contributed by atoms with Crippen LogP contribution in [0.4, 0.5) is 0 Å². The van der Waals surface area contributed by atoms with Gasteiger partial charge in [-0.25, -0.2) is 0 Å². The molecule has 0 fully saturated rings. The van der Waals surface area contributed by atoms with Gasteiger partial charge in [-0.3, -0.25) is 0 Å². The SMILES string of the molecule is CCC[CH2][Sn]([CH2]CC)([O]CCC)[O][Sn]([CH2]CC)([CH2]CCC)[O]CCC. The molecule has 0 aliphatic rings. The van der Waals surface area contributed by atoms with Gasteiger partial charge in [0.25, 0.3) is 0 Å². The molecular formula is C20H46O3Sn2. The summed E-state index contributed by atoms with van der Waals surface area (Å²) in [5.41, 5.74) is 0. The van der Waals surface area contributed by atoms with Gasteiger partial charge in [-0.05, 0) is 0 Å². The van der Waals surface area contributed by atoms with Gasteiger partial charge in [0.05, 0.1) is 0 Å². The van der Waals surface area contributed by atoms with E-state index in [0.717, 1.165) is 26.1 Å². The molecule has 0 aliphatic heterocycles. The molecule has 0 aromatic heterocycles. The van der Waals surface area contributed by atoms with Crippen LogP contribution in [0, 0.1) is 0 Å². The molecule has 2 atom stereocenters. The van der Waals surface area contributed by atoms with Crippen molar-refractivity contribution in [2.24, 2.45) is 0 Å². The maximum atomic E-state index is 7.29. The molecular weight excluding hydrogens is 526 g/mol. The molecule has 0 rings (SSSR count). The molecule has 5 heteroatoms. The van der Waals surface area contributed by atoms with E-state index >= 15 is 0 Å². The standard InChI is InChI=1S/2C4H9.2C3H7O.2C3H7.O.2Sn/c2*1-3-4-2;2*1-2-3-4;2*1-3-2;;;/h2*1,3-4H2,2H3;2*2-3H2,1H3;2*1,3H2,2H3;;;/q;;2*-1;;;;2*+1. The minimum absolute atomic E-state index is 0.884. The second kappa shape index (κ2) is 16.4. The predicted octanol–water partition coefficient (Wildman–Crippen LogP) is 7.16. The molecule has 0 aromatic carbocycles. The summed E-state index contributed by atoms with van der Waals surface area (Å²) in [7, 11) is 0. The molecule has 0 aromatic rings. The van der Waals surface area contributed by atoms with Crippen molar-refractivity contribution in [3.05, 3.63) is 0 Å². The summed E-state index contributed by atoms with van der Waals surface area (Å²) >= 11 is -6.07. The summed E-state index contributed by atoms with van der Waals surface area (Å²) in [6, 6.07) is 0. The topological polar surface area (TPSA) is 27.7 Å². The molecule has 25 heavy (non-hydrogen) atoms. The first-order chi connectivity index (χ1) is 12.1. The van der Waals surface area contributed by atoms with Crippen LogP contribution in [-0.2, 0) is 7.56 Å². The van der Waals surface area contributed by atoms with Crippen LogP contribution in [0.2, 0.25) is 17.7 Å². The third-order valence-corrected chi connectivity index (χ3v) is 38.7. The van der Waals surface area contributed by atoms with E-state index in [-0.39, 0.29) is 0 Å². The molecule has 152 valence electrons. The van der Waals surface area contributed by atoms with Crippen molar-refractivity contribution in [3.63, 3.8) is 0 Å². The summed E-state index contributed by atoms with van der Waals surface area (Å²) in [5, 5.41) is 0. The molecule has 0 saturated heterocycles. The number of rotatable bonds is 18. The van der Waals surface area contributed by atoms with Crippen LogP contribution in [0.15, 0.2) is 0 Å². The Labute approximate surface area is 168 Å². The van der Waals surface area contributed by atoms with E-state index < -0.39 is 38.4 Å². The van der Waals surface area contributed by atoms with E-state index in [2.05, 4.69) is 41.5 Å². The average Bonchev–Trinajstić information content (AvgIpc) is 2.61. The van der Waals surface area contributed by atoms with Crippen LogP contribution in [-0.4, -0.2) is 51.6 Å². The molecule has 0 bridgehead atoms. The summed E-state index contributed by atoms with van der Waals surface area (Å²) < 4.78 is 25.4. The molecule has 3 nitrogen and oxygen atoms in total. The van der Waals surface area contributed by atoms with Crippen LogP contribution in [0.1, 0.15) is 92.9 Å². The zero-order valence-corrected chi connectivity index (χ0v) is 23.8. The minimum atomic E-state index is -3.04. The van der Waals surface area contributed by atoms with Gasteiger partial charge < -0.3 is 0 Å². The van der Waals surface area contributed by atoms with Crippen molar-refractivity contribution >= 4 is 38.4 Å². The van der Waals surface area contributed by atoms with Gasteiger partial charge in [-0.15, -0.1) is 0 Å². The molecule has 0 spiro atoms. The van der Waals surface area contributed by atoms with E-state index in [0.29, 0.717) is 0 Å². The molecule has 0 amide bonds. The third kappa shape index (κ3) is 11.2. The Hall–Kier alpha value is 1.48. The number of hydrogen-bond donors (Lipinski definition) is 0. The van der Waals surface area contributed by atoms with Crippen LogP contribution < -0.4 is 0 Å². The zero-order valence-electron chi connectivity index (χ0n) is 18.1. The van der Waals surface area contributed by atoms with Crippen molar-refractivity contribution in [2.75, 3.05) is 13.2 Å². The van der Waals surface area contributed by atoms with E-state index in [4.69, 9.17) is 7.56 Å². The Morgan fingerprint density at radius 2 is 0.880 bits per heavy atom. The average molecular weight is 572 g/mol. The van der Waals surface area contributed by atoms with Crippen LogP contribution in [0.25, 0.3) is 0 Å². The Morgan fingerprint density at radius 3 is 1.16 bits per heavy atom. The first-order valence-corrected chi connectivity index (χ1v) is 23.8. The second-order valence-corrected chi connectivity index (χ2v) is 29.6. The summed E-state index contributed by atoms with van der Waals surface area (Å²) in [5.74, 6) is 0. The quantitative estimate of drug-likeness (QED) is 0.163. The summed E-state index contributed by atoms with van der Waals surface area (Å²) in [6.45, 7) is 15.4. The van der Waals surface area contributed by atoms with E-state index in [1.54, 1.807) is 0 Å². The van der Waals surface area contributed by atoms with Gasteiger partial charge in [-0.2, -0.15) is 0 Å². The van der Waals surface area contributed by atoms with Gasteiger partial charge in [-0.1, -0.05) is 0 Å². The van der Waals surface area contributed by atoms with Crippen molar-refractivity contribution in [1.82, 2.24) is 0 Å². The van der Waals surface area contributed by atoms with E-state index in [9.17, 15) is 0 Å². The Kier molecular flexibility index (Phi) is 17.4. The molecule has 0 heterocycles.